The van der Waals surface area contributed by atoms with Crippen molar-refractivity contribution in [1.82, 2.24) is 9.80 Å². The maximum atomic E-state index is 12.5. The van der Waals surface area contributed by atoms with Crippen molar-refractivity contribution in [3.63, 3.8) is 0 Å². The number of piperazine rings is 1. The summed E-state index contributed by atoms with van der Waals surface area (Å²) in [6.07, 6.45) is 0.671. The molecule has 3 rings (SSSR count). The van der Waals surface area contributed by atoms with Crippen LogP contribution in [0.5, 0.6) is 0 Å². The Labute approximate surface area is 145 Å². The third-order valence-electron chi connectivity index (χ3n) is 4.70. The number of likely N-dealkylation sites (N-methyl/N-ethyl adjacent to an activating group) is 1. The molecule has 1 saturated heterocycles. The van der Waals surface area contributed by atoms with Gasteiger partial charge in [0.25, 0.3) is 0 Å². The summed E-state index contributed by atoms with van der Waals surface area (Å²) in [4.78, 5) is 28.9. The Morgan fingerprint density at radius 2 is 1.87 bits per heavy atom. The highest BCUT2D eigenvalue weighted by Crippen LogP contribution is 2.41. The van der Waals surface area contributed by atoms with E-state index in [4.69, 9.17) is 0 Å². The Kier molecular flexibility index (Phi) is 4.73. The molecule has 2 aliphatic rings. The predicted octanol–water partition coefficient (Wildman–Crippen LogP) is 2.11. The second-order valence-corrected chi connectivity index (χ2v) is 7.38. The van der Waals surface area contributed by atoms with E-state index in [0.717, 1.165) is 41.9 Å². The van der Waals surface area contributed by atoms with Crippen LogP contribution in [0.15, 0.2) is 22.7 Å². The minimum atomic E-state index is -0.178. The number of nitrogens with zero attached hydrogens (tertiary/aromatic N) is 2. The molecule has 23 heavy (non-hydrogen) atoms. The van der Waals surface area contributed by atoms with Gasteiger partial charge < -0.3 is 15.1 Å². The second kappa shape index (κ2) is 6.61. The molecule has 2 atom stereocenters. The summed E-state index contributed by atoms with van der Waals surface area (Å²) >= 11 is 3.46. The van der Waals surface area contributed by atoms with Gasteiger partial charge in [-0.1, -0.05) is 22.0 Å². The molecule has 0 bridgehead atoms. The fourth-order valence-corrected chi connectivity index (χ4v) is 3.30. The zero-order valence-corrected chi connectivity index (χ0v) is 15.1. The van der Waals surface area contributed by atoms with E-state index in [9.17, 15) is 9.59 Å². The first-order chi connectivity index (χ1) is 11.0. The van der Waals surface area contributed by atoms with Gasteiger partial charge >= 0.3 is 0 Å². The molecule has 1 aromatic rings. The lowest BCUT2D eigenvalue weighted by Crippen LogP contribution is -2.48. The molecule has 0 spiro atoms. The first kappa shape index (κ1) is 16.5. The minimum absolute atomic E-state index is 0.0479. The summed E-state index contributed by atoms with van der Waals surface area (Å²) in [6, 6.07) is 5.74. The van der Waals surface area contributed by atoms with Crippen molar-refractivity contribution in [3.8, 4) is 0 Å². The van der Waals surface area contributed by atoms with Crippen molar-refractivity contribution in [1.29, 1.82) is 0 Å². The number of hydrogen-bond acceptors (Lipinski definition) is 3. The van der Waals surface area contributed by atoms with E-state index in [-0.39, 0.29) is 23.7 Å². The lowest BCUT2D eigenvalue weighted by Gasteiger charge is -2.32. The van der Waals surface area contributed by atoms with Crippen LogP contribution < -0.4 is 5.32 Å². The largest absolute Gasteiger partial charge is 0.340 e. The summed E-state index contributed by atoms with van der Waals surface area (Å²) < 4.78 is 0.969. The Morgan fingerprint density at radius 1 is 1.17 bits per heavy atom. The van der Waals surface area contributed by atoms with Crippen LogP contribution in [-0.4, -0.2) is 54.8 Å². The van der Waals surface area contributed by atoms with Crippen LogP contribution >= 0.6 is 15.9 Å². The van der Waals surface area contributed by atoms with E-state index in [1.54, 1.807) is 0 Å². The Balaban J connectivity index is 1.54. The summed E-state index contributed by atoms with van der Waals surface area (Å²) in [6.45, 7) is 5.36. The first-order valence-corrected chi connectivity index (χ1v) is 8.79. The molecule has 2 unspecified atom stereocenters. The van der Waals surface area contributed by atoms with E-state index in [1.165, 1.54) is 0 Å². The first-order valence-electron chi connectivity index (χ1n) is 8.00. The summed E-state index contributed by atoms with van der Waals surface area (Å²) in [5.74, 6) is -0.217. The number of halogens is 1. The van der Waals surface area contributed by atoms with Crippen LogP contribution in [-0.2, 0) is 9.59 Å². The van der Waals surface area contributed by atoms with E-state index in [0.29, 0.717) is 6.42 Å². The topological polar surface area (TPSA) is 52.7 Å². The fourth-order valence-electron chi connectivity index (χ4n) is 2.92. The molecule has 1 N–H and O–H groups in total. The average Bonchev–Trinajstić information content (AvgIpc) is 3.32. The second-order valence-electron chi connectivity index (χ2n) is 6.53. The van der Waals surface area contributed by atoms with Gasteiger partial charge in [-0.05, 0) is 38.1 Å². The van der Waals surface area contributed by atoms with Crippen molar-refractivity contribution in [2.24, 2.45) is 11.8 Å². The smallest absolute Gasteiger partial charge is 0.228 e. The van der Waals surface area contributed by atoms with Gasteiger partial charge in [0.05, 0.1) is 11.8 Å². The number of amides is 2. The number of carbonyl (C=O) groups is 2. The zero-order valence-electron chi connectivity index (χ0n) is 13.5. The molecule has 0 aromatic heterocycles. The molecule has 1 heterocycles. The summed E-state index contributed by atoms with van der Waals surface area (Å²) in [5.41, 5.74) is 1.89. The van der Waals surface area contributed by atoms with Gasteiger partial charge in [-0.3, -0.25) is 9.59 Å². The number of anilines is 1. The molecule has 1 aliphatic carbocycles. The van der Waals surface area contributed by atoms with Gasteiger partial charge in [-0.25, -0.2) is 0 Å². The van der Waals surface area contributed by atoms with Crippen molar-refractivity contribution in [2.45, 2.75) is 13.3 Å². The van der Waals surface area contributed by atoms with E-state index in [1.807, 2.05) is 30.0 Å². The molecule has 2 amide bonds. The highest BCUT2D eigenvalue weighted by Gasteiger charge is 2.49. The third-order valence-corrected chi connectivity index (χ3v) is 5.55. The lowest BCUT2D eigenvalue weighted by atomic mass is 10.2. The van der Waals surface area contributed by atoms with Gasteiger partial charge in [-0.15, -0.1) is 0 Å². The number of hydrogen-bond donors (Lipinski definition) is 1. The Bertz CT molecular complexity index is 626. The van der Waals surface area contributed by atoms with Gasteiger partial charge in [0.15, 0.2) is 0 Å². The molecule has 0 radical (unpaired) electrons. The van der Waals surface area contributed by atoms with Crippen LogP contribution in [0.1, 0.15) is 12.0 Å². The molecule has 1 saturated carbocycles. The maximum absolute atomic E-state index is 12.5. The quantitative estimate of drug-likeness (QED) is 0.874. The van der Waals surface area contributed by atoms with E-state index in [2.05, 4.69) is 33.2 Å². The average molecular weight is 380 g/mol. The number of benzene rings is 1. The van der Waals surface area contributed by atoms with Crippen molar-refractivity contribution in [2.75, 3.05) is 38.5 Å². The van der Waals surface area contributed by atoms with Crippen LogP contribution in [0, 0.1) is 18.8 Å². The van der Waals surface area contributed by atoms with Crippen LogP contribution in [0.2, 0.25) is 0 Å². The van der Waals surface area contributed by atoms with E-state index >= 15 is 0 Å². The highest BCUT2D eigenvalue weighted by molar-refractivity contribution is 9.10. The molecule has 1 aliphatic heterocycles. The molecular formula is C17H22BrN3O2. The highest BCUT2D eigenvalue weighted by atomic mass is 79.9. The predicted molar refractivity (Wildman–Crippen MR) is 93.2 cm³/mol. The van der Waals surface area contributed by atoms with Crippen molar-refractivity contribution >= 4 is 33.4 Å². The Hall–Kier alpha value is -1.40. The minimum Gasteiger partial charge on any atom is -0.340 e. The van der Waals surface area contributed by atoms with Crippen LogP contribution in [0.4, 0.5) is 5.69 Å². The Morgan fingerprint density at radius 3 is 2.52 bits per heavy atom. The van der Waals surface area contributed by atoms with Crippen molar-refractivity contribution in [3.05, 3.63) is 28.2 Å². The van der Waals surface area contributed by atoms with Crippen LogP contribution in [0.25, 0.3) is 0 Å². The van der Waals surface area contributed by atoms with Gasteiger partial charge in [0.2, 0.25) is 11.8 Å². The summed E-state index contributed by atoms with van der Waals surface area (Å²) in [5, 5.41) is 2.92. The van der Waals surface area contributed by atoms with Crippen LogP contribution in [0.3, 0.4) is 0 Å². The van der Waals surface area contributed by atoms with Gasteiger partial charge in [0.1, 0.15) is 0 Å². The molecule has 5 nitrogen and oxygen atoms in total. The maximum Gasteiger partial charge on any atom is 0.228 e. The van der Waals surface area contributed by atoms with Crippen molar-refractivity contribution < 1.29 is 9.59 Å². The normalized spacial score (nSPS) is 24.4. The molecule has 1 aromatic carbocycles. The monoisotopic (exact) mass is 379 g/mol. The number of rotatable bonds is 3. The molecule has 6 heteroatoms. The SMILES string of the molecule is Cc1ccc(NC(=O)C2CC2C(=O)N2CCN(C)CC2)cc1Br. The lowest BCUT2D eigenvalue weighted by molar-refractivity contribution is -0.135. The molecule has 2 fully saturated rings. The van der Waals surface area contributed by atoms with E-state index < -0.39 is 0 Å². The fraction of sp³-hybridized carbons (Fsp3) is 0.529. The molecule has 124 valence electrons. The number of carbonyl (C=O) groups excluding carboxylic acids is 2. The number of nitrogens with one attached hydrogen (secondary N) is 1. The molecular weight excluding hydrogens is 358 g/mol. The van der Waals surface area contributed by atoms with Gasteiger partial charge in [0, 0.05) is 36.3 Å². The summed E-state index contributed by atoms with van der Waals surface area (Å²) in [7, 11) is 2.06. The van der Waals surface area contributed by atoms with Gasteiger partial charge in [-0.2, -0.15) is 0 Å². The third kappa shape index (κ3) is 3.75. The number of aryl methyl sites for hydroxylation is 1. The zero-order chi connectivity index (χ0) is 16.6. The standard InChI is InChI=1S/C17H22BrN3O2/c1-11-3-4-12(9-15(11)18)19-16(22)13-10-14(13)17(23)21-7-5-20(2)6-8-21/h3-4,9,13-14H,5-8,10H2,1-2H3,(H,19,22).